The van der Waals surface area contributed by atoms with Gasteiger partial charge in [0.05, 0.1) is 6.42 Å². The van der Waals surface area contributed by atoms with Crippen LogP contribution in [0, 0.1) is 0 Å². The Morgan fingerprint density at radius 2 is 1.76 bits per heavy atom. The molecule has 2 amide bonds. The van der Waals surface area contributed by atoms with E-state index in [1.807, 2.05) is 60.8 Å². The summed E-state index contributed by atoms with van der Waals surface area (Å²) < 4.78 is 10.7. The second-order valence-electron chi connectivity index (χ2n) is 7.91. The van der Waals surface area contributed by atoms with Crippen molar-refractivity contribution in [2.24, 2.45) is 0 Å². The van der Waals surface area contributed by atoms with Crippen molar-refractivity contribution in [2.75, 3.05) is 19.2 Å². The first kappa shape index (κ1) is 20.6. The molecule has 0 bridgehead atoms. The molecule has 0 radical (unpaired) electrons. The number of nitrogens with zero attached hydrogens (tertiary/aromatic N) is 1. The van der Waals surface area contributed by atoms with Gasteiger partial charge in [-0.2, -0.15) is 0 Å². The number of hydrogen-bond acceptors (Lipinski definition) is 4. The summed E-state index contributed by atoms with van der Waals surface area (Å²) in [5.74, 6) is 0.746. The standard InChI is InChI=1S/C26H23N3O4/c1-29(24(30)13-18-15-27-21-10-6-5-9-20(18)21)25(17-7-3-2-4-8-17)26(31)28-19-11-12-22-23(14-19)33-16-32-22/h2-12,14-15,25,27H,13,16H2,1H3,(H,28,31)/t25-/m0/s1. The molecule has 1 aromatic heterocycles. The summed E-state index contributed by atoms with van der Waals surface area (Å²) >= 11 is 0. The molecule has 33 heavy (non-hydrogen) atoms. The highest BCUT2D eigenvalue weighted by Gasteiger charge is 2.29. The van der Waals surface area contributed by atoms with E-state index in [1.165, 1.54) is 4.90 Å². The van der Waals surface area contributed by atoms with Crippen molar-refractivity contribution in [1.29, 1.82) is 0 Å². The topological polar surface area (TPSA) is 83.7 Å². The lowest BCUT2D eigenvalue weighted by atomic mass is 10.0. The van der Waals surface area contributed by atoms with Crippen LogP contribution in [0.3, 0.4) is 0 Å². The van der Waals surface area contributed by atoms with Crippen LogP contribution >= 0.6 is 0 Å². The number of likely N-dealkylation sites (N-methyl/N-ethyl adjacent to an activating group) is 1. The van der Waals surface area contributed by atoms with Crippen LogP contribution in [0.25, 0.3) is 10.9 Å². The molecule has 2 N–H and O–H groups in total. The lowest BCUT2D eigenvalue weighted by molar-refractivity contribution is -0.136. The zero-order valence-electron chi connectivity index (χ0n) is 18.1. The maximum absolute atomic E-state index is 13.4. The van der Waals surface area contributed by atoms with Crippen LogP contribution in [0.4, 0.5) is 5.69 Å². The summed E-state index contributed by atoms with van der Waals surface area (Å²) in [6.45, 7) is 0.157. The van der Waals surface area contributed by atoms with E-state index in [0.29, 0.717) is 17.2 Å². The maximum atomic E-state index is 13.4. The molecule has 7 heteroatoms. The predicted molar refractivity (Wildman–Crippen MR) is 125 cm³/mol. The van der Waals surface area contributed by atoms with Crippen LogP contribution in [-0.4, -0.2) is 35.5 Å². The summed E-state index contributed by atoms with van der Waals surface area (Å²) in [5.41, 5.74) is 3.17. The van der Waals surface area contributed by atoms with E-state index in [9.17, 15) is 9.59 Å². The van der Waals surface area contributed by atoms with Crippen molar-refractivity contribution in [3.8, 4) is 11.5 Å². The largest absolute Gasteiger partial charge is 0.454 e. The van der Waals surface area contributed by atoms with Gasteiger partial charge in [0, 0.05) is 35.9 Å². The van der Waals surface area contributed by atoms with Gasteiger partial charge in [-0.3, -0.25) is 9.59 Å². The van der Waals surface area contributed by atoms with Gasteiger partial charge in [0.1, 0.15) is 6.04 Å². The zero-order valence-corrected chi connectivity index (χ0v) is 18.1. The van der Waals surface area contributed by atoms with Gasteiger partial charge in [0.25, 0.3) is 5.91 Å². The molecule has 0 spiro atoms. The van der Waals surface area contributed by atoms with Gasteiger partial charge in [-0.25, -0.2) is 0 Å². The van der Waals surface area contributed by atoms with Crippen molar-refractivity contribution in [1.82, 2.24) is 9.88 Å². The van der Waals surface area contributed by atoms with E-state index >= 15 is 0 Å². The number of nitrogens with one attached hydrogen (secondary N) is 2. The number of benzene rings is 3. The smallest absolute Gasteiger partial charge is 0.251 e. The Morgan fingerprint density at radius 1 is 1.00 bits per heavy atom. The number of ether oxygens (including phenoxy) is 2. The highest BCUT2D eigenvalue weighted by atomic mass is 16.7. The fourth-order valence-corrected chi connectivity index (χ4v) is 4.08. The van der Waals surface area contributed by atoms with Crippen molar-refractivity contribution in [3.63, 3.8) is 0 Å². The molecular formula is C26H23N3O4. The van der Waals surface area contributed by atoms with Crippen molar-refractivity contribution >= 4 is 28.4 Å². The maximum Gasteiger partial charge on any atom is 0.251 e. The molecule has 0 unspecified atom stereocenters. The molecule has 0 aliphatic carbocycles. The Kier molecular flexibility index (Phi) is 5.44. The van der Waals surface area contributed by atoms with Crippen molar-refractivity contribution in [3.05, 3.63) is 90.1 Å². The second kappa shape index (κ2) is 8.70. The summed E-state index contributed by atoms with van der Waals surface area (Å²) in [5, 5.41) is 3.92. The summed E-state index contributed by atoms with van der Waals surface area (Å²) in [6, 6.07) is 21.6. The van der Waals surface area contributed by atoms with Crippen LogP contribution in [0.15, 0.2) is 79.0 Å². The third-order valence-electron chi connectivity index (χ3n) is 5.80. The van der Waals surface area contributed by atoms with Crippen LogP contribution in [0.2, 0.25) is 0 Å². The Balaban J connectivity index is 1.39. The van der Waals surface area contributed by atoms with E-state index in [1.54, 1.807) is 25.2 Å². The van der Waals surface area contributed by atoms with Gasteiger partial charge in [0.2, 0.25) is 12.7 Å². The monoisotopic (exact) mass is 441 g/mol. The SMILES string of the molecule is CN(C(=O)Cc1c[nH]c2ccccc12)[C@H](C(=O)Nc1ccc2c(c1)OCO2)c1ccccc1. The number of H-pyrrole nitrogens is 1. The first-order valence-corrected chi connectivity index (χ1v) is 10.7. The molecule has 1 aliphatic rings. The zero-order chi connectivity index (χ0) is 22.8. The highest BCUT2D eigenvalue weighted by Crippen LogP contribution is 2.34. The van der Waals surface area contributed by atoms with Gasteiger partial charge < -0.3 is 24.7 Å². The van der Waals surface area contributed by atoms with Crippen LogP contribution in [-0.2, 0) is 16.0 Å². The summed E-state index contributed by atoms with van der Waals surface area (Å²) in [4.78, 5) is 31.4. The predicted octanol–water partition coefficient (Wildman–Crippen LogP) is 4.28. The molecule has 0 saturated heterocycles. The second-order valence-corrected chi connectivity index (χ2v) is 7.91. The summed E-state index contributed by atoms with van der Waals surface area (Å²) in [7, 11) is 1.66. The fourth-order valence-electron chi connectivity index (χ4n) is 4.08. The van der Waals surface area contributed by atoms with Gasteiger partial charge in [-0.05, 0) is 29.3 Å². The molecule has 0 fully saturated rings. The van der Waals surface area contributed by atoms with Crippen molar-refractivity contribution < 1.29 is 19.1 Å². The van der Waals surface area contributed by atoms with Gasteiger partial charge in [0.15, 0.2) is 11.5 Å². The molecule has 2 heterocycles. The van der Waals surface area contributed by atoms with Gasteiger partial charge >= 0.3 is 0 Å². The average Bonchev–Trinajstić information content (AvgIpc) is 3.46. The van der Waals surface area contributed by atoms with Crippen LogP contribution < -0.4 is 14.8 Å². The molecule has 7 nitrogen and oxygen atoms in total. The Morgan fingerprint density at radius 3 is 2.61 bits per heavy atom. The fraction of sp³-hybridized carbons (Fsp3) is 0.154. The normalized spacial score (nSPS) is 13.0. The lowest BCUT2D eigenvalue weighted by Crippen LogP contribution is -2.39. The van der Waals surface area contributed by atoms with Gasteiger partial charge in [-0.15, -0.1) is 0 Å². The number of para-hydroxylation sites is 1. The first-order chi connectivity index (χ1) is 16.1. The van der Waals surface area contributed by atoms with Crippen molar-refractivity contribution in [2.45, 2.75) is 12.5 Å². The molecule has 3 aromatic carbocycles. The first-order valence-electron chi connectivity index (χ1n) is 10.7. The molecule has 1 aliphatic heterocycles. The quantitative estimate of drug-likeness (QED) is 0.468. The van der Waals surface area contributed by atoms with E-state index in [2.05, 4.69) is 10.3 Å². The van der Waals surface area contributed by atoms with Crippen LogP contribution in [0.5, 0.6) is 11.5 Å². The number of amides is 2. The number of carbonyl (C=O) groups excluding carboxylic acids is 2. The Bertz CT molecular complexity index is 1320. The molecule has 166 valence electrons. The molecule has 0 saturated carbocycles. The number of aromatic nitrogens is 1. The number of hydrogen-bond donors (Lipinski definition) is 2. The van der Waals surface area contributed by atoms with E-state index < -0.39 is 6.04 Å². The minimum atomic E-state index is -0.797. The minimum Gasteiger partial charge on any atom is -0.454 e. The number of carbonyl (C=O) groups is 2. The van der Waals surface area contributed by atoms with E-state index in [4.69, 9.17) is 9.47 Å². The Labute approximate surface area is 190 Å². The number of aromatic amines is 1. The Hall–Kier alpha value is -4.26. The third kappa shape index (κ3) is 4.13. The highest BCUT2D eigenvalue weighted by molar-refractivity contribution is 5.98. The van der Waals surface area contributed by atoms with Gasteiger partial charge in [-0.1, -0.05) is 48.5 Å². The lowest BCUT2D eigenvalue weighted by Gasteiger charge is -2.28. The number of anilines is 1. The minimum absolute atomic E-state index is 0.157. The number of rotatable bonds is 6. The molecular weight excluding hydrogens is 418 g/mol. The average molecular weight is 441 g/mol. The molecule has 5 rings (SSSR count). The summed E-state index contributed by atoms with van der Waals surface area (Å²) in [6.07, 6.45) is 2.03. The van der Waals surface area contributed by atoms with Crippen LogP contribution in [0.1, 0.15) is 17.2 Å². The van der Waals surface area contributed by atoms with E-state index in [0.717, 1.165) is 22.0 Å². The number of fused-ring (bicyclic) bond motifs is 2. The van der Waals surface area contributed by atoms with E-state index in [-0.39, 0.29) is 25.0 Å². The molecule has 1 atom stereocenters. The third-order valence-corrected chi connectivity index (χ3v) is 5.80. The molecule has 4 aromatic rings.